The van der Waals surface area contributed by atoms with Crippen molar-refractivity contribution in [3.05, 3.63) is 28.2 Å². The Bertz CT molecular complexity index is 414. The predicted molar refractivity (Wildman–Crippen MR) is 72.4 cm³/mol. The molecule has 1 aliphatic rings. The molecule has 0 unspecified atom stereocenters. The molecule has 1 N–H and O–H groups in total. The third-order valence-electron chi connectivity index (χ3n) is 2.74. The smallest absolute Gasteiger partial charge is 0.242 e. The van der Waals surface area contributed by atoms with Gasteiger partial charge in [-0.25, -0.2) is 0 Å². The minimum atomic E-state index is 0.0225. The predicted octanol–water partition coefficient (Wildman–Crippen LogP) is 2.26. The van der Waals surface area contributed by atoms with Crippen molar-refractivity contribution >= 4 is 34.8 Å². The fourth-order valence-electron chi connectivity index (χ4n) is 1.76. The minimum absolute atomic E-state index is 0.0225. The van der Waals surface area contributed by atoms with E-state index in [-0.39, 0.29) is 12.5 Å². The van der Waals surface area contributed by atoms with Crippen LogP contribution in [0, 0.1) is 0 Å². The molecule has 0 spiro atoms. The number of nitrogens with one attached hydrogen (secondary N) is 1. The number of rotatable bonds is 3. The van der Waals surface area contributed by atoms with Crippen LogP contribution in [0.25, 0.3) is 0 Å². The molecule has 2 rings (SSSR count). The first kappa shape index (κ1) is 13.5. The van der Waals surface area contributed by atoms with E-state index in [1.54, 1.807) is 23.1 Å². The number of hydrogen-bond acceptors (Lipinski definition) is 3. The molecular weight excluding hydrogens is 275 g/mol. The monoisotopic (exact) mass is 288 g/mol. The summed E-state index contributed by atoms with van der Waals surface area (Å²) in [5, 5.41) is 4.01. The molecule has 0 aromatic heterocycles. The fraction of sp³-hybridized carbons (Fsp3) is 0.417. The summed E-state index contributed by atoms with van der Waals surface area (Å²) in [6, 6.07) is 5.23. The Balaban J connectivity index is 1.92. The lowest BCUT2D eigenvalue weighted by Gasteiger charge is -2.27. The number of ether oxygens (including phenoxy) is 1. The minimum Gasteiger partial charge on any atom is -0.378 e. The van der Waals surface area contributed by atoms with Crippen molar-refractivity contribution < 1.29 is 9.53 Å². The summed E-state index contributed by atoms with van der Waals surface area (Å²) in [6.45, 7) is 2.65. The van der Waals surface area contributed by atoms with Gasteiger partial charge in [0.1, 0.15) is 0 Å². The molecule has 1 saturated heterocycles. The number of carbonyl (C=O) groups excluding carboxylic acids is 1. The molecule has 0 radical (unpaired) electrons. The van der Waals surface area contributed by atoms with Gasteiger partial charge in [0.2, 0.25) is 5.91 Å². The van der Waals surface area contributed by atoms with E-state index in [1.165, 1.54) is 0 Å². The van der Waals surface area contributed by atoms with Crippen molar-refractivity contribution in [1.29, 1.82) is 0 Å². The Kier molecular flexibility index (Phi) is 4.69. The van der Waals surface area contributed by atoms with Gasteiger partial charge >= 0.3 is 0 Å². The molecule has 98 valence electrons. The van der Waals surface area contributed by atoms with Crippen molar-refractivity contribution in [1.82, 2.24) is 4.90 Å². The topological polar surface area (TPSA) is 41.6 Å². The number of anilines is 1. The molecule has 0 atom stereocenters. The highest BCUT2D eigenvalue weighted by Gasteiger charge is 2.17. The second-order valence-corrected chi connectivity index (χ2v) is 4.76. The van der Waals surface area contributed by atoms with Gasteiger partial charge in [-0.3, -0.25) is 4.79 Å². The van der Waals surface area contributed by atoms with Crippen LogP contribution in [0.3, 0.4) is 0 Å². The molecule has 0 bridgehead atoms. The molecule has 1 aromatic rings. The van der Waals surface area contributed by atoms with Crippen molar-refractivity contribution in [2.24, 2.45) is 0 Å². The maximum atomic E-state index is 11.9. The number of nitrogens with zero attached hydrogens (tertiary/aromatic N) is 1. The van der Waals surface area contributed by atoms with Crippen LogP contribution >= 0.6 is 23.2 Å². The van der Waals surface area contributed by atoms with Crippen LogP contribution in [-0.4, -0.2) is 43.7 Å². The van der Waals surface area contributed by atoms with Gasteiger partial charge in [-0.1, -0.05) is 29.3 Å². The number of morpholine rings is 1. The maximum absolute atomic E-state index is 11.9. The van der Waals surface area contributed by atoms with Crippen molar-refractivity contribution in [3.8, 4) is 0 Å². The number of carbonyl (C=O) groups is 1. The Morgan fingerprint density at radius 1 is 1.28 bits per heavy atom. The second kappa shape index (κ2) is 6.27. The fourth-order valence-corrected chi connectivity index (χ4v) is 2.29. The van der Waals surface area contributed by atoms with E-state index in [0.29, 0.717) is 42.0 Å². The van der Waals surface area contributed by atoms with Gasteiger partial charge in [-0.2, -0.15) is 0 Å². The normalized spacial score (nSPS) is 15.6. The van der Waals surface area contributed by atoms with Gasteiger partial charge in [0, 0.05) is 13.1 Å². The van der Waals surface area contributed by atoms with Crippen molar-refractivity contribution in [2.75, 3.05) is 38.2 Å². The zero-order chi connectivity index (χ0) is 13.0. The number of hydrogen-bond donors (Lipinski definition) is 1. The summed E-state index contributed by atoms with van der Waals surface area (Å²) >= 11 is 12.0. The zero-order valence-corrected chi connectivity index (χ0v) is 11.3. The van der Waals surface area contributed by atoms with Gasteiger partial charge in [-0.15, -0.1) is 0 Å². The molecule has 1 aromatic carbocycles. The highest BCUT2D eigenvalue weighted by molar-refractivity contribution is 6.39. The van der Waals surface area contributed by atoms with Crippen molar-refractivity contribution in [3.63, 3.8) is 0 Å². The lowest BCUT2D eigenvalue weighted by atomic mass is 10.3. The molecule has 1 fully saturated rings. The summed E-state index contributed by atoms with van der Waals surface area (Å²) in [5.74, 6) is 0.0225. The molecular formula is C12H14Cl2N2O2. The average molecular weight is 289 g/mol. The molecule has 4 nitrogen and oxygen atoms in total. The van der Waals surface area contributed by atoms with Crippen LogP contribution in [0.1, 0.15) is 0 Å². The van der Waals surface area contributed by atoms with Crippen LogP contribution in [0.2, 0.25) is 10.0 Å². The summed E-state index contributed by atoms with van der Waals surface area (Å²) in [6.07, 6.45) is 0. The van der Waals surface area contributed by atoms with Gasteiger partial charge < -0.3 is 15.0 Å². The van der Waals surface area contributed by atoms with E-state index in [9.17, 15) is 4.79 Å². The largest absolute Gasteiger partial charge is 0.378 e. The van der Waals surface area contributed by atoms with Crippen LogP contribution in [0.5, 0.6) is 0 Å². The molecule has 1 heterocycles. The van der Waals surface area contributed by atoms with Crippen LogP contribution in [0.4, 0.5) is 5.69 Å². The lowest BCUT2D eigenvalue weighted by molar-refractivity contribution is -0.133. The Morgan fingerprint density at radius 2 is 1.89 bits per heavy atom. The zero-order valence-electron chi connectivity index (χ0n) is 9.79. The molecule has 6 heteroatoms. The molecule has 1 amide bonds. The van der Waals surface area contributed by atoms with E-state index in [0.717, 1.165) is 0 Å². The lowest BCUT2D eigenvalue weighted by Crippen LogP contribution is -2.43. The van der Waals surface area contributed by atoms with Gasteiger partial charge in [-0.05, 0) is 12.1 Å². The van der Waals surface area contributed by atoms with E-state index in [1.807, 2.05) is 0 Å². The first-order valence-corrected chi connectivity index (χ1v) is 6.47. The number of amides is 1. The highest BCUT2D eigenvalue weighted by atomic mass is 35.5. The standard InChI is InChI=1S/C12H14Cl2N2O2/c13-9-2-1-3-10(14)12(9)15-8-11(17)16-4-6-18-7-5-16/h1-3,15H,4-8H2. The maximum Gasteiger partial charge on any atom is 0.242 e. The third kappa shape index (κ3) is 3.28. The Morgan fingerprint density at radius 3 is 2.50 bits per heavy atom. The summed E-state index contributed by atoms with van der Waals surface area (Å²) in [4.78, 5) is 13.7. The van der Waals surface area contributed by atoms with Crippen LogP contribution < -0.4 is 5.32 Å². The first-order valence-electron chi connectivity index (χ1n) is 5.72. The number of benzene rings is 1. The molecule has 0 aliphatic carbocycles. The highest BCUT2D eigenvalue weighted by Crippen LogP contribution is 2.29. The summed E-state index contributed by atoms with van der Waals surface area (Å²) in [7, 11) is 0. The van der Waals surface area contributed by atoms with Gasteiger partial charge in [0.15, 0.2) is 0 Å². The summed E-state index contributed by atoms with van der Waals surface area (Å²) < 4.78 is 5.19. The van der Waals surface area contributed by atoms with Crippen LogP contribution in [-0.2, 0) is 9.53 Å². The SMILES string of the molecule is O=C(CNc1c(Cl)cccc1Cl)N1CCOCC1. The van der Waals surface area contributed by atoms with Crippen LogP contribution in [0.15, 0.2) is 18.2 Å². The average Bonchev–Trinajstić information content (AvgIpc) is 2.39. The van der Waals surface area contributed by atoms with Gasteiger partial charge in [0.05, 0.1) is 35.5 Å². The Labute approximate surface area is 116 Å². The Hall–Kier alpha value is -0.970. The summed E-state index contributed by atoms with van der Waals surface area (Å²) in [5.41, 5.74) is 0.599. The molecule has 1 aliphatic heterocycles. The number of para-hydroxylation sites is 1. The van der Waals surface area contributed by atoms with Gasteiger partial charge in [0.25, 0.3) is 0 Å². The van der Waals surface area contributed by atoms with E-state index >= 15 is 0 Å². The van der Waals surface area contributed by atoms with E-state index in [2.05, 4.69) is 5.32 Å². The van der Waals surface area contributed by atoms with Crippen molar-refractivity contribution in [2.45, 2.75) is 0 Å². The molecule has 18 heavy (non-hydrogen) atoms. The van der Waals surface area contributed by atoms with E-state index in [4.69, 9.17) is 27.9 Å². The molecule has 0 saturated carbocycles. The quantitative estimate of drug-likeness (QED) is 0.928. The number of halogens is 2. The third-order valence-corrected chi connectivity index (χ3v) is 3.37. The van der Waals surface area contributed by atoms with E-state index < -0.39 is 0 Å². The second-order valence-electron chi connectivity index (χ2n) is 3.94. The first-order chi connectivity index (χ1) is 8.68.